The highest BCUT2D eigenvalue weighted by molar-refractivity contribution is 7.11. The van der Waals surface area contributed by atoms with Crippen LogP contribution >= 0.6 is 22.7 Å². The fourth-order valence-corrected chi connectivity index (χ4v) is 7.01. The fraction of sp³-hybridized carbons (Fsp3) is 0.333. The first kappa shape index (κ1) is 24.0. The zero-order valence-electron chi connectivity index (χ0n) is 20.1. The number of rotatable bonds is 5. The molecule has 3 aromatic rings. The summed E-state index contributed by atoms with van der Waals surface area (Å²) in [4.78, 5) is 29.7. The van der Waals surface area contributed by atoms with E-state index in [1.165, 1.54) is 16.5 Å². The molecule has 37 heavy (non-hydrogen) atoms. The Morgan fingerprint density at radius 1 is 1.14 bits per heavy atom. The SMILES string of the molecule is O=C(c1ccc(N2CCOCC2)c([N+](=O)[O-])c1)N1N=C2/C(=C/c3cccs3)CCCC2C1c1cccs1. The maximum atomic E-state index is 13.9. The lowest BCUT2D eigenvalue weighted by molar-refractivity contribution is -0.384. The van der Waals surface area contributed by atoms with Crippen molar-refractivity contribution in [3.63, 3.8) is 0 Å². The van der Waals surface area contributed by atoms with E-state index in [0.29, 0.717) is 32.0 Å². The number of anilines is 1. The van der Waals surface area contributed by atoms with Crippen LogP contribution < -0.4 is 4.90 Å². The van der Waals surface area contributed by atoms with E-state index in [4.69, 9.17) is 9.84 Å². The highest BCUT2D eigenvalue weighted by Gasteiger charge is 2.44. The third-order valence-electron chi connectivity index (χ3n) is 7.17. The second-order valence-electron chi connectivity index (χ2n) is 9.34. The average molecular weight is 535 g/mol. The minimum Gasteiger partial charge on any atom is -0.378 e. The van der Waals surface area contributed by atoms with Crippen molar-refractivity contribution >= 4 is 51.7 Å². The van der Waals surface area contributed by atoms with Gasteiger partial charge in [0.05, 0.1) is 29.9 Å². The van der Waals surface area contributed by atoms with Crippen LogP contribution in [0.3, 0.4) is 0 Å². The molecule has 190 valence electrons. The molecule has 2 fully saturated rings. The number of nitrogens with zero attached hydrogens (tertiary/aromatic N) is 4. The lowest BCUT2D eigenvalue weighted by atomic mass is 9.79. The zero-order chi connectivity index (χ0) is 25.4. The summed E-state index contributed by atoms with van der Waals surface area (Å²) in [5, 5.41) is 22.6. The molecule has 0 bridgehead atoms. The maximum Gasteiger partial charge on any atom is 0.293 e. The molecule has 6 rings (SSSR count). The Morgan fingerprint density at radius 2 is 1.95 bits per heavy atom. The van der Waals surface area contributed by atoms with Crippen LogP contribution in [0.4, 0.5) is 11.4 Å². The predicted molar refractivity (Wildman–Crippen MR) is 146 cm³/mol. The molecule has 1 aromatic carbocycles. The normalized spacial score (nSPS) is 22.7. The van der Waals surface area contributed by atoms with Gasteiger partial charge in [-0.2, -0.15) is 5.10 Å². The second kappa shape index (κ2) is 10.2. The summed E-state index contributed by atoms with van der Waals surface area (Å²) in [6, 6.07) is 12.7. The van der Waals surface area contributed by atoms with E-state index in [0.717, 1.165) is 29.9 Å². The molecule has 10 heteroatoms. The standard InChI is InChI=1S/C27H26N4O4S2/c32-27(19-8-9-22(23(17-19)31(33)34)29-10-12-35-13-11-29)30-26(24-7-3-15-37-24)21-6-1-4-18(25(21)28-30)16-20-5-2-14-36-20/h2-3,5,7-9,14-17,21,26H,1,4,6,10-13H2/b18-16+. The first-order valence-electron chi connectivity index (χ1n) is 12.4. The summed E-state index contributed by atoms with van der Waals surface area (Å²) in [6.45, 7) is 2.20. The Balaban J connectivity index is 1.38. The van der Waals surface area contributed by atoms with Crippen LogP contribution in [-0.4, -0.2) is 47.9 Å². The number of amides is 1. The Morgan fingerprint density at radius 3 is 2.68 bits per heavy atom. The largest absolute Gasteiger partial charge is 0.378 e. The van der Waals surface area contributed by atoms with Gasteiger partial charge < -0.3 is 9.64 Å². The second-order valence-corrected chi connectivity index (χ2v) is 11.3. The Kier molecular flexibility index (Phi) is 6.62. The number of nitro groups is 1. The van der Waals surface area contributed by atoms with Gasteiger partial charge in [0, 0.05) is 40.4 Å². The molecule has 0 spiro atoms. The van der Waals surface area contributed by atoms with Crippen molar-refractivity contribution in [1.29, 1.82) is 0 Å². The van der Waals surface area contributed by atoms with Gasteiger partial charge in [-0.15, -0.1) is 22.7 Å². The third-order valence-corrected chi connectivity index (χ3v) is 8.94. The maximum absolute atomic E-state index is 13.9. The van der Waals surface area contributed by atoms with E-state index in [9.17, 15) is 14.9 Å². The number of hydrogen-bond donors (Lipinski definition) is 0. The highest BCUT2D eigenvalue weighted by atomic mass is 32.1. The van der Waals surface area contributed by atoms with Crippen molar-refractivity contribution in [3.05, 3.63) is 84.2 Å². The lowest BCUT2D eigenvalue weighted by Crippen LogP contribution is -2.36. The first-order valence-corrected chi connectivity index (χ1v) is 14.2. The number of nitro benzene ring substituents is 1. The van der Waals surface area contributed by atoms with E-state index in [1.54, 1.807) is 39.8 Å². The van der Waals surface area contributed by atoms with Crippen LogP contribution in [0.25, 0.3) is 6.08 Å². The van der Waals surface area contributed by atoms with Crippen molar-refractivity contribution in [2.24, 2.45) is 11.0 Å². The molecule has 2 atom stereocenters. The van der Waals surface area contributed by atoms with Crippen LogP contribution in [0.2, 0.25) is 0 Å². The molecule has 1 amide bonds. The first-order chi connectivity index (χ1) is 18.1. The molecule has 1 aliphatic carbocycles. The molecule has 8 nitrogen and oxygen atoms in total. The summed E-state index contributed by atoms with van der Waals surface area (Å²) in [7, 11) is 0. The number of morpholine rings is 1. The molecule has 0 N–H and O–H groups in total. The van der Waals surface area contributed by atoms with Crippen LogP contribution in [0.15, 0.2) is 63.9 Å². The van der Waals surface area contributed by atoms with Crippen molar-refractivity contribution in [2.45, 2.75) is 25.3 Å². The van der Waals surface area contributed by atoms with Gasteiger partial charge in [0.25, 0.3) is 11.6 Å². The number of carbonyl (C=O) groups excluding carboxylic acids is 1. The molecule has 1 saturated heterocycles. The molecule has 2 aliphatic heterocycles. The van der Waals surface area contributed by atoms with Crippen LogP contribution in [0.5, 0.6) is 0 Å². The van der Waals surface area contributed by atoms with Gasteiger partial charge in [-0.05, 0) is 65.9 Å². The quantitative estimate of drug-likeness (QED) is 0.296. The van der Waals surface area contributed by atoms with Gasteiger partial charge in [0.2, 0.25) is 0 Å². The number of thiophene rings is 2. The third kappa shape index (κ3) is 4.60. The van der Waals surface area contributed by atoms with E-state index in [1.807, 2.05) is 22.4 Å². The average Bonchev–Trinajstić information content (AvgIpc) is 3.70. The molecule has 3 aliphatic rings. The zero-order valence-corrected chi connectivity index (χ0v) is 21.7. The number of ether oxygens (including phenoxy) is 1. The van der Waals surface area contributed by atoms with Gasteiger partial charge in [-0.3, -0.25) is 14.9 Å². The Labute approximate surface area is 222 Å². The smallest absolute Gasteiger partial charge is 0.293 e. The van der Waals surface area contributed by atoms with Gasteiger partial charge >= 0.3 is 0 Å². The molecule has 4 heterocycles. The number of hydrazone groups is 1. The lowest BCUT2D eigenvalue weighted by Gasteiger charge is -2.29. The van der Waals surface area contributed by atoms with Gasteiger partial charge in [0.15, 0.2) is 0 Å². The van der Waals surface area contributed by atoms with E-state index in [-0.39, 0.29) is 29.1 Å². The van der Waals surface area contributed by atoms with Crippen molar-refractivity contribution < 1.29 is 14.5 Å². The Hall–Kier alpha value is -3.34. The van der Waals surface area contributed by atoms with E-state index < -0.39 is 4.92 Å². The molecular weight excluding hydrogens is 508 g/mol. The van der Waals surface area contributed by atoms with E-state index >= 15 is 0 Å². The molecule has 1 saturated carbocycles. The Bertz CT molecular complexity index is 1360. The molecule has 2 aromatic heterocycles. The highest BCUT2D eigenvalue weighted by Crippen LogP contribution is 2.46. The van der Waals surface area contributed by atoms with Gasteiger partial charge in [-0.25, -0.2) is 5.01 Å². The number of fused-ring (bicyclic) bond motifs is 1. The van der Waals surface area contributed by atoms with Crippen molar-refractivity contribution in [2.75, 3.05) is 31.2 Å². The molecule has 0 radical (unpaired) electrons. The summed E-state index contributed by atoms with van der Waals surface area (Å²) >= 11 is 3.30. The predicted octanol–water partition coefficient (Wildman–Crippen LogP) is 5.99. The van der Waals surface area contributed by atoms with Gasteiger partial charge in [0.1, 0.15) is 5.69 Å². The van der Waals surface area contributed by atoms with Crippen LogP contribution in [0, 0.1) is 16.0 Å². The molecule has 2 unspecified atom stereocenters. The summed E-state index contributed by atoms with van der Waals surface area (Å²) in [5.74, 6) is -0.211. The van der Waals surface area contributed by atoms with Gasteiger partial charge in [-0.1, -0.05) is 12.1 Å². The fourth-order valence-electron chi connectivity index (χ4n) is 5.46. The summed E-state index contributed by atoms with van der Waals surface area (Å²) < 4.78 is 5.40. The monoisotopic (exact) mass is 534 g/mol. The topological polar surface area (TPSA) is 88.3 Å². The minimum absolute atomic E-state index is 0.0667. The number of allylic oxidation sites excluding steroid dienone is 1. The minimum atomic E-state index is -0.407. The number of benzene rings is 1. The van der Waals surface area contributed by atoms with Crippen molar-refractivity contribution in [1.82, 2.24) is 5.01 Å². The molecular formula is C27H26N4O4S2. The van der Waals surface area contributed by atoms with Crippen LogP contribution in [0.1, 0.15) is 45.4 Å². The summed E-state index contributed by atoms with van der Waals surface area (Å²) in [5.41, 5.74) is 2.86. The number of hydrogen-bond acceptors (Lipinski definition) is 8. The van der Waals surface area contributed by atoms with Crippen LogP contribution in [-0.2, 0) is 4.74 Å². The number of carbonyl (C=O) groups is 1. The summed E-state index contributed by atoms with van der Waals surface area (Å²) in [6.07, 6.45) is 5.09. The van der Waals surface area contributed by atoms with Crippen molar-refractivity contribution in [3.8, 4) is 0 Å². The van der Waals surface area contributed by atoms with E-state index in [2.05, 4.69) is 23.6 Å².